The summed E-state index contributed by atoms with van der Waals surface area (Å²) in [5.41, 5.74) is 8.79. The summed E-state index contributed by atoms with van der Waals surface area (Å²) in [4.78, 5) is 4.91. The lowest BCUT2D eigenvalue weighted by atomic mass is 9.71. The van der Waals surface area contributed by atoms with Crippen LogP contribution in [0.25, 0.3) is 11.0 Å². The normalized spacial score (nSPS) is 27.8. The average Bonchev–Trinajstić information content (AvgIpc) is 2.81. The molecule has 1 aliphatic rings. The Bertz CT molecular complexity index is 587. The molecule has 0 bridgehead atoms. The molecule has 0 spiro atoms. The molecule has 0 radical (unpaired) electrons. The molecule has 0 amide bonds. The number of hydrogen-bond donors (Lipinski definition) is 1. The number of nitrogens with two attached hydrogens (primary N) is 1. The predicted molar refractivity (Wildman–Crippen MR) is 79.2 cm³/mol. The molecule has 1 heterocycles. The number of rotatable bonds is 2. The van der Waals surface area contributed by atoms with E-state index < -0.39 is 0 Å². The minimum Gasteiger partial charge on any atom is -0.328 e. The Morgan fingerprint density at radius 1 is 1.37 bits per heavy atom. The Labute approximate surface area is 114 Å². The van der Waals surface area contributed by atoms with Crippen molar-refractivity contribution in [2.24, 2.45) is 5.73 Å². The van der Waals surface area contributed by atoms with E-state index in [1.807, 2.05) is 0 Å². The molecule has 1 aromatic carbocycles. The van der Waals surface area contributed by atoms with Crippen LogP contribution in [0.3, 0.4) is 0 Å². The van der Waals surface area contributed by atoms with Gasteiger partial charge in [-0.2, -0.15) is 0 Å². The van der Waals surface area contributed by atoms with Crippen molar-refractivity contribution in [2.75, 3.05) is 0 Å². The second kappa shape index (κ2) is 4.64. The van der Waals surface area contributed by atoms with Gasteiger partial charge in [-0.1, -0.05) is 31.9 Å². The maximum Gasteiger partial charge on any atom is 0.117 e. The van der Waals surface area contributed by atoms with Crippen LogP contribution in [0.1, 0.15) is 45.4 Å². The molecule has 1 aliphatic carbocycles. The smallest absolute Gasteiger partial charge is 0.117 e. The van der Waals surface area contributed by atoms with E-state index in [0.29, 0.717) is 0 Å². The first kappa shape index (κ1) is 12.7. The molecule has 3 heteroatoms. The van der Waals surface area contributed by atoms with Gasteiger partial charge in [-0.3, -0.25) is 0 Å². The number of aryl methyl sites for hydroxylation is 1. The summed E-state index contributed by atoms with van der Waals surface area (Å²) in [6.45, 7) is 5.44. The Balaban J connectivity index is 2.18. The second-order valence-corrected chi connectivity index (χ2v) is 5.94. The number of fused-ring (bicyclic) bond motifs is 1. The molecule has 0 aliphatic heterocycles. The molecule has 2 unspecified atom stereocenters. The number of nitrogens with zero attached hydrogens (tertiary/aromatic N) is 2. The van der Waals surface area contributed by atoms with Crippen LogP contribution >= 0.6 is 0 Å². The summed E-state index contributed by atoms with van der Waals surface area (Å²) in [5, 5.41) is 0. The molecule has 0 saturated heterocycles. The zero-order valence-corrected chi connectivity index (χ0v) is 11.9. The van der Waals surface area contributed by atoms with Crippen molar-refractivity contribution in [3.8, 4) is 0 Å². The molecule has 19 heavy (non-hydrogen) atoms. The van der Waals surface area contributed by atoms with Gasteiger partial charge in [0.25, 0.3) is 0 Å². The molecule has 1 saturated carbocycles. The Kier molecular flexibility index (Phi) is 3.09. The standard InChI is InChI=1S/C16H23N3/c1-3-19-13-9-5-4-8-12(13)18-15(19)16(2)11-7-6-10-14(16)17/h4-5,8-9,14H,3,6-7,10-11,17H2,1-2H3. The fourth-order valence-corrected chi connectivity index (χ4v) is 3.47. The largest absolute Gasteiger partial charge is 0.328 e. The highest BCUT2D eigenvalue weighted by atomic mass is 15.1. The van der Waals surface area contributed by atoms with Gasteiger partial charge >= 0.3 is 0 Å². The molecular weight excluding hydrogens is 234 g/mol. The lowest BCUT2D eigenvalue weighted by Gasteiger charge is -2.39. The van der Waals surface area contributed by atoms with Gasteiger partial charge in [0, 0.05) is 18.0 Å². The summed E-state index contributed by atoms with van der Waals surface area (Å²) >= 11 is 0. The Morgan fingerprint density at radius 3 is 2.89 bits per heavy atom. The molecule has 2 atom stereocenters. The van der Waals surface area contributed by atoms with E-state index in [1.54, 1.807) is 0 Å². The molecule has 102 valence electrons. The second-order valence-electron chi connectivity index (χ2n) is 5.94. The summed E-state index contributed by atoms with van der Waals surface area (Å²) in [7, 11) is 0. The van der Waals surface area contributed by atoms with E-state index in [2.05, 4.69) is 42.7 Å². The van der Waals surface area contributed by atoms with E-state index in [1.165, 1.54) is 24.2 Å². The van der Waals surface area contributed by atoms with Gasteiger partial charge in [0.2, 0.25) is 0 Å². The van der Waals surface area contributed by atoms with Gasteiger partial charge in [-0.25, -0.2) is 4.98 Å². The van der Waals surface area contributed by atoms with Crippen molar-refractivity contribution in [3.63, 3.8) is 0 Å². The molecule has 2 N–H and O–H groups in total. The Morgan fingerprint density at radius 2 is 2.16 bits per heavy atom. The summed E-state index contributed by atoms with van der Waals surface area (Å²) in [6.07, 6.45) is 4.78. The monoisotopic (exact) mass is 257 g/mol. The topological polar surface area (TPSA) is 43.8 Å². The van der Waals surface area contributed by atoms with Crippen LogP contribution in [-0.2, 0) is 12.0 Å². The first-order valence-electron chi connectivity index (χ1n) is 7.38. The fourth-order valence-electron chi connectivity index (χ4n) is 3.47. The summed E-state index contributed by atoms with van der Waals surface area (Å²) in [5.74, 6) is 1.18. The Hall–Kier alpha value is -1.35. The van der Waals surface area contributed by atoms with Gasteiger partial charge in [0.1, 0.15) is 5.82 Å². The molecule has 1 aromatic heterocycles. The number of benzene rings is 1. The van der Waals surface area contributed by atoms with Crippen molar-refractivity contribution in [3.05, 3.63) is 30.1 Å². The quantitative estimate of drug-likeness (QED) is 0.897. The van der Waals surface area contributed by atoms with E-state index in [9.17, 15) is 0 Å². The van der Waals surface area contributed by atoms with Crippen LogP contribution < -0.4 is 5.73 Å². The maximum absolute atomic E-state index is 6.44. The van der Waals surface area contributed by atoms with Crippen LogP contribution in [0.5, 0.6) is 0 Å². The van der Waals surface area contributed by atoms with Gasteiger partial charge in [0.15, 0.2) is 0 Å². The van der Waals surface area contributed by atoms with Gasteiger partial charge in [-0.05, 0) is 31.9 Å². The predicted octanol–water partition coefficient (Wildman–Crippen LogP) is 3.22. The fraction of sp³-hybridized carbons (Fsp3) is 0.562. The van der Waals surface area contributed by atoms with Gasteiger partial charge in [0.05, 0.1) is 11.0 Å². The highest BCUT2D eigenvalue weighted by Crippen LogP contribution is 2.38. The average molecular weight is 257 g/mol. The zero-order chi connectivity index (χ0) is 13.5. The molecular formula is C16H23N3. The number of hydrogen-bond acceptors (Lipinski definition) is 2. The lowest BCUT2D eigenvalue weighted by molar-refractivity contribution is 0.252. The summed E-state index contributed by atoms with van der Waals surface area (Å²) < 4.78 is 2.35. The van der Waals surface area contributed by atoms with Crippen molar-refractivity contribution in [2.45, 2.75) is 57.5 Å². The van der Waals surface area contributed by atoms with Crippen molar-refractivity contribution in [1.82, 2.24) is 9.55 Å². The molecule has 2 aromatic rings. The third-order valence-corrected chi connectivity index (χ3v) is 4.76. The van der Waals surface area contributed by atoms with Crippen LogP contribution in [0.4, 0.5) is 0 Å². The SMILES string of the molecule is CCn1c(C2(C)CCCCC2N)nc2ccccc21. The summed E-state index contributed by atoms with van der Waals surface area (Å²) in [6, 6.07) is 8.63. The van der Waals surface area contributed by atoms with Crippen molar-refractivity contribution < 1.29 is 0 Å². The third-order valence-electron chi connectivity index (χ3n) is 4.76. The minimum absolute atomic E-state index is 0.0211. The number of imidazole rings is 1. The van der Waals surface area contributed by atoms with Gasteiger partial charge in [-0.15, -0.1) is 0 Å². The van der Waals surface area contributed by atoms with E-state index in [4.69, 9.17) is 10.7 Å². The first-order valence-corrected chi connectivity index (χ1v) is 7.38. The van der Waals surface area contributed by atoms with E-state index in [0.717, 1.165) is 24.9 Å². The van der Waals surface area contributed by atoms with Crippen molar-refractivity contribution >= 4 is 11.0 Å². The maximum atomic E-state index is 6.44. The van der Waals surface area contributed by atoms with E-state index in [-0.39, 0.29) is 11.5 Å². The van der Waals surface area contributed by atoms with Gasteiger partial charge < -0.3 is 10.3 Å². The highest BCUT2D eigenvalue weighted by Gasteiger charge is 2.39. The molecule has 3 rings (SSSR count). The molecule has 3 nitrogen and oxygen atoms in total. The van der Waals surface area contributed by atoms with Crippen LogP contribution in [0.2, 0.25) is 0 Å². The van der Waals surface area contributed by atoms with Crippen molar-refractivity contribution in [1.29, 1.82) is 0 Å². The van der Waals surface area contributed by atoms with Crippen LogP contribution in [0.15, 0.2) is 24.3 Å². The zero-order valence-electron chi connectivity index (χ0n) is 11.9. The van der Waals surface area contributed by atoms with Crippen LogP contribution in [0, 0.1) is 0 Å². The number of aromatic nitrogens is 2. The lowest BCUT2D eigenvalue weighted by Crippen LogP contribution is -2.47. The van der Waals surface area contributed by atoms with Crippen LogP contribution in [-0.4, -0.2) is 15.6 Å². The molecule has 1 fully saturated rings. The first-order chi connectivity index (χ1) is 9.16. The van der Waals surface area contributed by atoms with E-state index >= 15 is 0 Å². The number of para-hydroxylation sites is 2. The minimum atomic E-state index is 0.0211. The third kappa shape index (κ3) is 1.88. The highest BCUT2D eigenvalue weighted by molar-refractivity contribution is 5.76.